The molecule has 7 heteroatoms. The first-order valence-electron chi connectivity index (χ1n) is 10.3. The number of ether oxygens (including phenoxy) is 4. The van der Waals surface area contributed by atoms with Crippen molar-refractivity contribution in [2.45, 2.75) is 0 Å². The normalized spacial score (nSPS) is 13.9. The van der Waals surface area contributed by atoms with Gasteiger partial charge in [0.05, 0.1) is 23.8 Å². The first-order valence-corrected chi connectivity index (χ1v) is 10.3. The van der Waals surface area contributed by atoms with Crippen LogP contribution in [-0.2, 0) is 9.47 Å². The van der Waals surface area contributed by atoms with E-state index in [0.717, 1.165) is 0 Å². The van der Waals surface area contributed by atoms with Gasteiger partial charge in [0.2, 0.25) is 0 Å². The number of benzene rings is 3. The molecule has 0 aliphatic carbocycles. The van der Waals surface area contributed by atoms with Gasteiger partial charge in [-0.15, -0.1) is 0 Å². The summed E-state index contributed by atoms with van der Waals surface area (Å²) in [6.07, 6.45) is 0. The summed E-state index contributed by atoms with van der Waals surface area (Å²) < 4.78 is 22.0. The zero-order valence-electron chi connectivity index (χ0n) is 18.0. The van der Waals surface area contributed by atoms with Gasteiger partial charge in [-0.3, -0.25) is 4.79 Å². The maximum atomic E-state index is 13.5. The quantitative estimate of drug-likeness (QED) is 0.508. The summed E-state index contributed by atoms with van der Waals surface area (Å²) in [6, 6.07) is 21.7. The standard InChI is InChI=1S/C26H22O7/c1-30-20-12-13-21-22(14-20)31-15-26(23(21)27,16-32-24(28)18-8-4-2-5-9-18)17-33-25(29)19-10-6-3-7-11-19/h2-14H,15-17H2,1H3. The third-order valence-corrected chi connectivity index (χ3v) is 5.40. The molecule has 0 unspecified atom stereocenters. The second kappa shape index (κ2) is 9.56. The number of hydrogen-bond acceptors (Lipinski definition) is 7. The van der Waals surface area contributed by atoms with E-state index < -0.39 is 17.4 Å². The van der Waals surface area contributed by atoms with Crippen LogP contribution in [-0.4, -0.2) is 44.7 Å². The Morgan fingerprint density at radius 3 is 1.91 bits per heavy atom. The molecule has 0 radical (unpaired) electrons. The van der Waals surface area contributed by atoms with E-state index in [0.29, 0.717) is 28.2 Å². The average molecular weight is 446 g/mol. The van der Waals surface area contributed by atoms with Crippen LogP contribution >= 0.6 is 0 Å². The molecule has 0 spiro atoms. The Bertz CT molecular complexity index is 1100. The second-order valence-corrected chi connectivity index (χ2v) is 7.64. The fourth-order valence-corrected chi connectivity index (χ4v) is 3.48. The van der Waals surface area contributed by atoms with Crippen LogP contribution in [0.1, 0.15) is 31.1 Å². The van der Waals surface area contributed by atoms with Crippen LogP contribution in [0.5, 0.6) is 11.5 Å². The van der Waals surface area contributed by atoms with E-state index in [1.807, 2.05) is 0 Å². The molecule has 0 saturated carbocycles. The van der Waals surface area contributed by atoms with Crippen LogP contribution in [0.4, 0.5) is 0 Å². The largest absolute Gasteiger partial charge is 0.497 e. The van der Waals surface area contributed by atoms with Crippen molar-refractivity contribution in [3.63, 3.8) is 0 Å². The zero-order valence-corrected chi connectivity index (χ0v) is 18.0. The van der Waals surface area contributed by atoms with Crippen LogP contribution in [0.2, 0.25) is 0 Å². The van der Waals surface area contributed by atoms with Crippen LogP contribution in [0.3, 0.4) is 0 Å². The Labute approximate surface area is 190 Å². The third kappa shape index (κ3) is 4.72. The predicted molar refractivity (Wildman–Crippen MR) is 119 cm³/mol. The maximum Gasteiger partial charge on any atom is 0.338 e. The summed E-state index contributed by atoms with van der Waals surface area (Å²) in [5.41, 5.74) is -0.392. The van der Waals surface area contributed by atoms with Gasteiger partial charge >= 0.3 is 11.9 Å². The number of ketones is 1. The minimum atomic E-state index is -1.39. The van der Waals surface area contributed by atoms with Crippen molar-refractivity contribution < 1.29 is 33.3 Å². The van der Waals surface area contributed by atoms with Crippen molar-refractivity contribution in [1.29, 1.82) is 0 Å². The van der Waals surface area contributed by atoms with E-state index in [1.165, 1.54) is 7.11 Å². The number of methoxy groups -OCH3 is 1. The Morgan fingerprint density at radius 1 is 0.848 bits per heavy atom. The Morgan fingerprint density at radius 2 is 1.39 bits per heavy atom. The maximum absolute atomic E-state index is 13.5. The van der Waals surface area contributed by atoms with E-state index in [4.69, 9.17) is 18.9 Å². The highest BCUT2D eigenvalue weighted by molar-refractivity contribution is 6.04. The molecule has 1 aliphatic heterocycles. The summed E-state index contributed by atoms with van der Waals surface area (Å²) >= 11 is 0. The van der Waals surface area contributed by atoms with E-state index in [1.54, 1.807) is 78.9 Å². The van der Waals surface area contributed by atoms with E-state index >= 15 is 0 Å². The van der Waals surface area contributed by atoms with Crippen LogP contribution in [0, 0.1) is 5.41 Å². The van der Waals surface area contributed by atoms with Gasteiger partial charge in [0, 0.05) is 6.07 Å². The first-order chi connectivity index (χ1) is 16.0. The van der Waals surface area contributed by atoms with Gasteiger partial charge in [0.1, 0.15) is 36.7 Å². The molecule has 7 nitrogen and oxygen atoms in total. The van der Waals surface area contributed by atoms with E-state index in [9.17, 15) is 14.4 Å². The monoisotopic (exact) mass is 446 g/mol. The third-order valence-electron chi connectivity index (χ3n) is 5.40. The number of hydrogen-bond donors (Lipinski definition) is 0. The van der Waals surface area contributed by atoms with E-state index in [2.05, 4.69) is 0 Å². The minimum absolute atomic E-state index is 0.129. The van der Waals surface area contributed by atoms with Crippen LogP contribution in [0.15, 0.2) is 78.9 Å². The lowest BCUT2D eigenvalue weighted by Crippen LogP contribution is -2.49. The van der Waals surface area contributed by atoms with Gasteiger partial charge in [0.15, 0.2) is 5.78 Å². The first kappa shape index (κ1) is 22.1. The molecule has 4 rings (SSSR count). The molecule has 3 aromatic rings. The minimum Gasteiger partial charge on any atom is -0.497 e. The molecule has 168 valence electrons. The molecule has 33 heavy (non-hydrogen) atoms. The molecule has 1 heterocycles. The molecule has 0 N–H and O–H groups in total. The SMILES string of the molecule is COc1ccc2c(c1)OCC(COC(=O)c1ccccc1)(COC(=O)c1ccccc1)C2=O. The van der Waals surface area contributed by atoms with Crippen LogP contribution in [0.25, 0.3) is 0 Å². The highest BCUT2D eigenvalue weighted by Gasteiger charge is 2.47. The van der Waals surface area contributed by atoms with Crippen molar-refractivity contribution in [1.82, 2.24) is 0 Å². The summed E-state index contributed by atoms with van der Waals surface area (Å²) in [5, 5.41) is 0. The number of carbonyl (C=O) groups excluding carboxylic acids is 3. The van der Waals surface area contributed by atoms with Crippen molar-refractivity contribution in [2.24, 2.45) is 5.41 Å². The van der Waals surface area contributed by atoms with Gasteiger partial charge < -0.3 is 18.9 Å². The molecule has 0 atom stereocenters. The number of Topliss-reactive ketones (excluding diaryl/α,β-unsaturated/α-hetero) is 1. The smallest absolute Gasteiger partial charge is 0.338 e. The van der Waals surface area contributed by atoms with Crippen molar-refractivity contribution >= 4 is 17.7 Å². The molecule has 0 bridgehead atoms. The summed E-state index contributed by atoms with van der Waals surface area (Å²) in [5.74, 6) is -0.609. The number of esters is 2. The number of fused-ring (bicyclic) bond motifs is 1. The molecular weight excluding hydrogens is 424 g/mol. The average Bonchev–Trinajstić information content (AvgIpc) is 2.88. The summed E-state index contributed by atoms with van der Waals surface area (Å²) in [6.45, 7) is -0.754. The molecule has 0 aromatic heterocycles. The molecular formula is C26H22O7. The van der Waals surface area contributed by atoms with Crippen molar-refractivity contribution in [2.75, 3.05) is 26.9 Å². The fraction of sp³-hybridized carbons (Fsp3) is 0.192. The summed E-state index contributed by atoms with van der Waals surface area (Å²) in [4.78, 5) is 38.6. The second-order valence-electron chi connectivity index (χ2n) is 7.64. The lowest BCUT2D eigenvalue weighted by molar-refractivity contribution is -0.0172. The number of carbonyl (C=O) groups is 3. The highest BCUT2D eigenvalue weighted by Crippen LogP contribution is 2.37. The molecule has 1 aliphatic rings. The summed E-state index contributed by atoms with van der Waals surface area (Å²) in [7, 11) is 1.52. The van der Waals surface area contributed by atoms with Crippen LogP contribution < -0.4 is 9.47 Å². The van der Waals surface area contributed by atoms with Gasteiger partial charge in [-0.1, -0.05) is 36.4 Å². The molecule has 3 aromatic carbocycles. The van der Waals surface area contributed by atoms with Crippen molar-refractivity contribution in [3.8, 4) is 11.5 Å². The molecule has 0 fully saturated rings. The van der Waals surface area contributed by atoms with Gasteiger partial charge in [-0.25, -0.2) is 9.59 Å². The highest BCUT2D eigenvalue weighted by atomic mass is 16.6. The fourth-order valence-electron chi connectivity index (χ4n) is 3.48. The predicted octanol–water partition coefficient (Wildman–Crippen LogP) is 3.97. The lowest BCUT2D eigenvalue weighted by atomic mass is 9.80. The van der Waals surface area contributed by atoms with Gasteiger partial charge in [-0.05, 0) is 36.4 Å². The Kier molecular flexibility index (Phi) is 6.40. The number of rotatable bonds is 7. The Balaban J connectivity index is 1.58. The van der Waals surface area contributed by atoms with E-state index in [-0.39, 0.29) is 25.6 Å². The topological polar surface area (TPSA) is 88.1 Å². The van der Waals surface area contributed by atoms with Gasteiger partial charge in [-0.2, -0.15) is 0 Å². The van der Waals surface area contributed by atoms with Gasteiger partial charge in [0.25, 0.3) is 0 Å². The lowest BCUT2D eigenvalue weighted by Gasteiger charge is -2.35. The molecule has 0 amide bonds. The zero-order chi connectivity index (χ0) is 23.3. The Hall–Kier alpha value is -4.13. The molecule has 0 saturated heterocycles. The van der Waals surface area contributed by atoms with Crippen molar-refractivity contribution in [3.05, 3.63) is 95.6 Å².